The van der Waals surface area contributed by atoms with Gasteiger partial charge < -0.3 is 9.47 Å². The summed E-state index contributed by atoms with van der Waals surface area (Å²) in [6.07, 6.45) is 4.74. The first kappa shape index (κ1) is 22.9. The van der Waals surface area contributed by atoms with Gasteiger partial charge in [-0.1, -0.05) is 18.6 Å². The van der Waals surface area contributed by atoms with E-state index in [-0.39, 0.29) is 13.2 Å². The highest BCUT2D eigenvalue weighted by Crippen LogP contribution is 2.27. The largest absolute Gasteiger partial charge is 0.462 e. The molecule has 0 aliphatic rings. The van der Waals surface area contributed by atoms with Crippen LogP contribution >= 0.6 is 0 Å². The fourth-order valence-electron chi connectivity index (χ4n) is 3.18. The van der Waals surface area contributed by atoms with Crippen LogP contribution < -0.4 is 0 Å². The van der Waals surface area contributed by atoms with Crippen molar-refractivity contribution in [3.05, 3.63) is 39.7 Å². The molecule has 1 rings (SSSR count). The van der Waals surface area contributed by atoms with E-state index >= 15 is 0 Å². The van der Waals surface area contributed by atoms with E-state index in [0.29, 0.717) is 40.4 Å². The molecule has 1 heterocycles. The van der Waals surface area contributed by atoms with Crippen molar-refractivity contribution in [2.75, 3.05) is 13.2 Å². The second-order valence-electron chi connectivity index (χ2n) is 7.12. The van der Waals surface area contributed by atoms with Gasteiger partial charge in [-0.15, -0.1) is 0 Å². The molecule has 150 valence electrons. The third-order valence-corrected chi connectivity index (χ3v) is 4.39. The summed E-state index contributed by atoms with van der Waals surface area (Å²) < 4.78 is 10.5. The van der Waals surface area contributed by atoms with Crippen molar-refractivity contribution in [3.8, 4) is 0 Å². The van der Waals surface area contributed by atoms with E-state index in [9.17, 15) is 9.59 Å². The maximum absolute atomic E-state index is 12.6. The maximum Gasteiger partial charge on any atom is 0.340 e. The fourth-order valence-corrected chi connectivity index (χ4v) is 3.18. The molecule has 5 heteroatoms. The van der Waals surface area contributed by atoms with Gasteiger partial charge in [-0.3, -0.25) is 4.98 Å². The first-order valence-corrected chi connectivity index (χ1v) is 9.70. The van der Waals surface area contributed by atoms with Gasteiger partial charge in [0, 0.05) is 0 Å². The number of aromatic nitrogens is 1. The topological polar surface area (TPSA) is 65.5 Å². The Morgan fingerprint density at radius 1 is 1.00 bits per heavy atom. The van der Waals surface area contributed by atoms with Crippen LogP contribution in [-0.4, -0.2) is 30.1 Å². The molecule has 0 aromatic carbocycles. The number of pyridine rings is 1. The van der Waals surface area contributed by atoms with E-state index < -0.39 is 11.9 Å². The Labute approximate surface area is 163 Å². The molecule has 1 aromatic heterocycles. The molecule has 0 N–H and O–H groups in total. The minimum absolute atomic E-state index is 0.274. The van der Waals surface area contributed by atoms with Gasteiger partial charge in [0.1, 0.15) is 0 Å². The van der Waals surface area contributed by atoms with Gasteiger partial charge in [-0.05, 0) is 72.3 Å². The average molecular weight is 376 g/mol. The predicted octanol–water partition coefficient (Wildman–Crippen LogP) is 4.98. The van der Waals surface area contributed by atoms with E-state index in [1.54, 1.807) is 27.7 Å². The van der Waals surface area contributed by atoms with Gasteiger partial charge in [0.15, 0.2) is 0 Å². The number of rotatable bonds is 9. The lowest BCUT2D eigenvalue weighted by atomic mass is 9.89. The smallest absolute Gasteiger partial charge is 0.340 e. The van der Waals surface area contributed by atoms with Gasteiger partial charge in [-0.25, -0.2) is 9.59 Å². The summed E-state index contributed by atoms with van der Waals surface area (Å²) >= 11 is 0. The van der Waals surface area contributed by atoms with Crippen molar-refractivity contribution < 1.29 is 19.1 Å². The third-order valence-electron chi connectivity index (χ3n) is 4.39. The Balaban J connectivity index is 3.38. The number of carbonyl (C=O) groups excluding carboxylic acids is 2. The highest BCUT2D eigenvalue weighted by atomic mass is 16.5. The molecule has 0 aliphatic carbocycles. The Kier molecular flexibility index (Phi) is 9.19. The Morgan fingerprint density at radius 2 is 1.48 bits per heavy atom. The average Bonchev–Trinajstić information content (AvgIpc) is 2.54. The molecule has 0 saturated carbocycles. The zero-order chi connectivity index (χ0) is 20.6. The lowest BCUT2D eigenvalue weighted by Gasteiger charge is -2.20. The van der Waals surface area contributed by atoms with Crippen molar-refractivity contribution in [1.82, 2.24) is 4.98 Å². The molecule has 1 aromatic rings. The van der Waals surface area contributed by atoms with E-state index in [4.69, 9.17) is 9.47 Å². The van der Waals surface area contributed by atoms with E-state index in [1.165, 1.54) is 5.57 Å². The minimum atomic E-state index is -0.431. The highest BCUT2D eigenvalue weighted by molar-refractivity contribution is 5.99. The van der Waals surface area contributed by atoms with Crippen LogP contribution in [0.2, 0.25) is 0 Å². The molecule has 5 nitrogen and oxygen atoms in total. The summed E-state index contributed by atoms with van der Waals surface area (Å²) in [5, 5.41) is 0. The summed E-state index contributed by atoms with van der Waals surface area (Å²) in [5.74, 6) is -0.567. The summed E-state index contributed by atoms with van der Waals surface area (Å²) in [7, 11) is 0. The van der Waals surface area contributed by atoms with Crippen LogP contribution in [0.4, 0.5) is 0 Å². The standard InChI is InChI=1S/C22H33NO4/c1-8-26-21(24)19-16(6)23-17(7)20(22(25)27-9-2)18(19)13-15(5)12-10-11-14(3)4/h11,15H,8-10,12-13H2,1-7H3. The first-order chi connectivity index (χ1) is 12.7. The van der Waals surface area contributed by atoms with Crippen molar-refractivity contribution in [1.29, 1.82) is 0 Å². The van der Waals surface area contributed by atoms with Gasteiger partial charge in [0.25, 0.3) is 0 Å². The zero-order valence-corrected chi connectivity index (χ0v) is 17.8. The monoisotopic (exact) mass is 375 g/mol. The van der Waals surface area contributed by atoms with E-state index in [0.717, 1.165) is 12.8 Å². The fraction of sp³-hybridized carbons (Fsp3) is 0.591. The van der Waals surface area contributed by atoms with Crippen molar-refractivity contribution in [3.63, 3.8) is 0 Å². The Hall–Kier alpha value is -2.17. The summed E-state index contributed by atoms with van der Waals surface area (Å²) in [6, 6.07) is 0. The number of allylic oxidation sites excluding steroid dienone is 2. The predicted molar refractivity (Wildman–Crippen MR) is 107 cm³/mol. The molecular formula is C22H33NO4. The molecule has 0 fully saturated rings. The van der Waals surface area contributed by atoms with Gasteiger partial charge in [0.05, 0.1) is 35.7 Å². The number of nitrogens with zero attached hydrogens (tertiary/aromatic N) is 1. The number of hydrogen-bond acceptors (Lipinski definition) is 5. The number of carbonyl (C=O) groups is 2. The van der Waals surface area contributed by atoms with Crippen LogP contribution in [0, 0.1) is 19.8 Å². The number of hydrogen-bond donors (Lipinski definition) is 0. The molecule has 0 saturated heterocycles. The van der Waals surface area contributed by atoms with Crippen LogP contribution in [0.5, 0.6) is 0 Å². The normalized spacial score (nSPS) is 11.7. The van der Waals surface area contributed by atoms with Gasteiger partial charge in [0.2, 0.25) is 0 Å². The quantitative estimate of drug-likeness (QED) is 0.450. The molecule has 0 spiro atoms. The summed E-state index contributed by atoms with van der Waals surface area (Å²) in [5.41, 5.74) is 3.97. The Morgan fingerprint density at radius 3 is 1.89 bits per heavy atom. The minimum Gasteiger partial charge on any atom is -0.462 e. The molecular weight excluding hydrogens is 342 g/mol. The molecule has 1 unspecified atom stereocenters. The van der Waals surface area contributed by atoms with Crippen LogP contribution in [0.15, 0.2) is 11.6 Å². The molecule has 1 atom stereocenters. The van der Waals surface area contributed by atoms with Gasteiger partial charge >= 0.3 is 11.9 Å². The zero-order valence-electron chi connectivity index (χ0n) is 17.8. The number of esters is 2. The van der Waals surface area contributed by atoms with Gasteiger partial charge in [-0.2, -0.15) is 0 Å². The number of aryl methyl sites for hydroxylation is 2. The second kappa shape index (κ2) is 10.9. The maximum atomic E-state index is 12.6. The van der Waals surface area contributed by atoms with Crippen molar-refractivity contribution in [2.24, 2.45) is 5.92 Å². The summed E-state index contributed by atoms with van der Waals surface area (Å²) in [6.45, 7) is 13.9. The van der Waals surface area contributed by atoms with Crippen LogP contribution in [0.1, 0.15) is 85.1 Å². The SMILES string of the molecule is CCOC(=O)c1c(C)nc(C)c(C(=O)OCC)c1CC(C)CCC=C(C)C. The summed E-state index contributed by atoms with van der Waals surface area (Å²) in [4.78, 5) is 29.6. The molecule has 0 bridgehead atoms. The van der Waals surface area contributed by atoms with Crippen LogP contribution in [0.3, 0.4) is 0 Å². The van der Waals surface area contributed by atoms with Crippen LogP contribution in [-0.2, 0) is 15.9 Å². The lowest BCUT2D eigenvalue weighted by molar-refractivity contribution is 0.0520. The lowest BCUT2D eigenvalue weighted by Crippen LogP contribution is -2.21. The molecule has 0 amide bonds. The highest BCUT2D eigenvalue weighted by Gasteiger charge is 2.27. The molecule has 27 heavy (non-hydrogen) atoms. The second-order valence-corrected chi connectivity index (χ2v) is 7.12. The van der Waals surface area contributed by atoms with E-state index in [2.05, 4.69) is 31.8 Å². The first-order valence-electron chi connectivity index (χ1n) is 9.70. The third kappa shape index (κ3) is 6.49. The Bertz CT molecular complexity index is 661. The van der Waals surface area contributed by atoms with Crippen molar-refractivity contribution >= 4 is 11.9 Å². The number of ether oxygens (including phenoxy) is 2. The van der Waals surface area contributed by atoms with Crippen molar-refractivity contribution in [2.45, 2.75) is 67.7 Å². The molecule has 0 radical (unpaired) electrons. The molecule has 0 aliphatic heterocycles. The van der Waals surface area contributed by atoms with E-state index in [1.807, 2.05) is 0 Å². The van der Waals surface area contributed by atoms with Crippen LogP contribution in [0.25, 0.3) is 0 Å².